The van der Waals surface area contributed by atoms with Crippen molar-refractivity contribution in [2.24, 2.45) is 0 Å². The molecule has 0 saturated heterocycles. The molecule has 316 valence electrons. The zero-order valence-corrected chi connectivity index (χ0v) is 27.0. The lowest BCUT2D eigenvalue weighted by molar-refractivity contribution is 0.368. The summed E-state index contributed by atoms with van der Waals surface area (Å²) in [6.45, 7) is 0. The number of hydrogen-bond donors (Lipinski definition) is 0. The maximum absolute atomic E-state index is 15.8. The van der Waals surface area contributed by atoms with Crippen LogP contribution < -0.4 is 0 Å². The summed E-state index contributed by atoms with van der Waals surface area (Å²) >= 11 is 0. The van der Waals surface area contributed by atoms with Crippen LogP contribution in [0.25, 0.3) is 22.3 Å². The summed E-state index contributed by atoms with van der Waals surface area (Å²) in [5.74, 6) is -91.4. The standard InChI is InChI=1S/C35HF25/c36-11-6(12(37)22(47)31(56)21(11)46)1-2(7-13(38)23(48)32(57)24(49)14(7)39)4(9-17(42)27(52)34(59)28(53)18(9)43)5(10-19(44)29(54)35(60)30(55)20(10)45)3(1)8-15(40)25(50)33(58)26(51)16(8)41/h1H. The molecule has 0 atom stereocenters. The van der Waals surface area contributed by atoms with Gasteiger partial charge in [0.2, 0.25) is 29.1 Å². The molecule has 0 aromatic heterocycles. The molecule has 0 saturated carbocycles. The van der Waals surface area contributed by atoms with E-state index in [1.165, 1.54) is 0 Å². The second kappa shape index (κ2) is 14.5. The molecule has 0 heterocycles. The van der Waals surface area contributed by atoms with Gasteiger partial charge in [-0.1, -0.05) is 0 Å². The minimum Gasteiger partial charge on any atom is -0.203 e. The molecule has 25 heteroatoms. The van der Waals surface area contributed by atoms with E-state index >= 15 is 43.9 Å². The van der Waals surface area contributed by atoms with Crippen LogP contribution in [-0.4, -0.2) is 0 Å². The first-order valence-corrected chi connectivity index (χ1v) is 14.8. The fourth-order valence-corrected chi connectivity index (χ4v) is 6.26. The molecule has 1 aliphatic rings. The number of halogens is 25. The van der Waals surface area contributed by atoms with E-state index in [1.807, 2.05) is 0 Å². The zero-order chi connectivity index (χ0) is 45.2. The highest BCUT2D eigenvalue weighted by Crippen LogP contribution is 2.62. The number of hydrogen-bond acceptors (Lipinski definition) is 0. The second-order valence-electron chi connectivity index (χ2n) is 11.8. The molecule has 0 spiro atoms. The maximum atomic E-state index is 15.8. The van der Waals surface area contributed by atoms with Crippen molar-refractivity contribution >= 4 is 22.3 Å². The maximum Gasteiger partial charge on any atom is 0.200 e. The highest BCUT2D eigenvalue weighted by molar-refractivity contribution is 6.30. The van der Waals surface area contributed by atoms with Gasteiger partial charge < -0.3 is 0 Å². The second-order valence-corrected chi connectivity index (χ2v) is 11.8. The van der Waals surface area contributed by atoms with Crippen LogP contribution in [0.3, 0.4) is 0 Å². The van der Waals surface area contributed by atoms with Crippen molar-refractivity contribution in [2.75, 3.05) is 0 Å². The van der Waals surface area contributed by atoms with Crippen LogP contribution in [0, 0.1) is 145 Å². The predicted molar refractivity (Wildman–Crippen MR) is 148 cm³/mol. The molecule has 5 aromatic carbocycles. The Morgan fingerprint density at radius 1 is 0.167 bits per heavy atom. The van der Waals surface area contributed by atoms with Gasteiger partial charge in [-0.3, -0.25) is 0 Å². The first kappa shape index (κ1) is 43.4. The molecule has 0 aliphatic heterocycles. The van der Waals surface area contributed by atoms with Gasteiger partial charge in [-0.15, -0.1) is 0 Å². The number of benzene rings is 5. The van der Waals surface area contributed by atoms with E-state index < -0.39 is 201 Å². The van der Waals surface area contributed by atoms with Crippen LogP contribution in [0.4, 0.5) is 110 Å². The molecule has 0 fully saturated rings. The topological polar surface area (TPSA) is 0 Å². The number of allylic oxidation sites excluding steroid dienone is 4. The third-order valence-corrected chi connectivity index (χ3v) is 8.78. The third kappa shape index (κ3) is 5.66. The minimum atomic E-state index is -4.62. The van der Waals surface area contributed by atoms with Crippen LogP contribution >= 0.6 is 0 Å². The Morgan fingerprint density at radius 3 is 0.517 bits per heavy atom. The molecule has 0 radical (unpaired) electrons. The summed E-state index contributed by atoms with van der Waals surface area (Å²) in [7, 11) is 0. The van der Waals surface area contributed by atoms with Gasteiger partial charge in [0.25, 0.3) is 0 Å². The molecule has 0 bridgehead atoms. The largest absolute Gasteiger partial charge is 0.203 e. The lowest BCUT2D eigenvalue weighted by Crippen LogP contribution is -2.18. The smallest absolute Gasteiger partial charge is 0.200 e. The normalized spacial score (nSPS) is 13.6. The van der Waals surface area contributed by atoms with E-state index in [9.17, 15) is 65.9 Å². The van der Waals surface area contributed by atoms with Gasteiger partial charge in [0, 0.05) is 22.6 Å². The summed E-state index contributed by atoms with van der Waals surface area (Å²) in [5.41, 5.74) is -28.7. The van der Waals surface area contributed by atoms with Crippen molar-refractivity contribution in [3.05, 3.63) is 173 Å². The SMILES string of the molecule is Fc1c(F)c(F)c(C2=C(c3c(F)c(F)c(F)c(F)c3F)C(c3c(F)c(F)c(F)c(F)c3F)C(c3c(F)c(F)c(F)c(F)c3F)=C2c2c(F)c(F)c(F)c(F)c2F)c(F)c1F. The van der Waals surface area contributed by atoms with Crippen LogP contribution in [0.5, 0.6) is 0 Å². The molecular formula is C35HF25. The van der Waals surface area contributed by atoms with Crippen molar-refractivity contribution in [3.63, 3.8) is 0 Å². The van der Waals surface area contributed by atoms with Crippen LogP contribution in [0.2, 0.25) is 0 Å². The van der Waals surface area contributed by atoms with Crippen molar-refractivity contribution in [1.29, 1.82) is 0 Å². The first-order valence-electron chi connectivity index (χ1n) is 14.8. The van der Waals surface area contributed by atoms with Crippen LogP contribution in [-0.2, 0) is 0 Å². The molecular weight excluding hydrogens is 895 g/mol. The molecule has 0 N–H and O–H groups in total. The quantitative estimate of drug-likeness (QED) is 0.0937. The fourth-order valence-electron chi connectivity index (χ4n) is 6.26. The first-order chi connectivity index (χ1) is 27.8. The molecule has 0 unspecified atom stereocenters. The Morgan fingerprint density at radius 2 is 0.317 bits per heavy atom. The average Bonchev–Trinajstić information content (AvgIpc) is 3.52. The third-order valence-electron chi connectivity index (χ3n) is 8.78. The summed E-state index contributed by atoms with van der Waals surface area (Å²) in [4.78, 5) is 0. The van der Waals surface area contributed by atoms with E-state index in [-0.39, 0.29) is 0 Å². The Kier molecular flexibility index (Phi) is 10.5. The number of rotatable bonds is 5. The Bertz CT molecular complexity index is 2570. The highest BCUT2D eigenvalue weighted by atomic mass is 19.2. The zero-order valence-electron chi connectivity index (χ0n) is 27.0. The van der Waals surface area contributed by atoms with E-state index in [4.69, 9.17) is 0 Å². The predicted octanol–water partition coefficient (Wildman–Crippen LogP) is 12.5. The Labute approximate surface area is 311 Å². The average molecular weight is 896 g/mol. The van der Waals surface area contributed by atoms with Gasteiger partial charge in [-0.25, -0.2) is 110 Å². The van der Waals surface area contributed by atoms with E-state index in [1.54, 1.807) is 0 Å². The van der Waals surface area contributed by atoms with Gasteiger partial charge in [0.15, 0.2) is 116 Å². The molecule has 0 nitrogen and oxygen atoms in total. The van der Waals surface area contributed by atoms with Gasteiger partial charge in [-0.2, -0.15) is 0 Å². The lowest BCUT2D eigenvalue weighted by atomic mass is 9.79. The monoisotopic (exact) mass is 896 g/mol. The fraction of sp³-hybridized carbons (Fsp3) is 0.0286. The van der Waals surface area contributed by atoms with Gasteiger partial charge >= 0.3 is 0 Å². The van der Waals surface area contributed by atoms with Gasteiger partial charge in [0.1, 0.15) is 0 Å². The summed E-state index contributed by atoms with van der Waals surface area (Å²) in [6, 6.07) is 0. The Balaban J connectivity index is 2.17. The molecule has 60 heavy (non-hydrogen) atoms. The van der Waals surface area contributed by atoms with Crippen LogP contribution in [0.15, 0.2) is 0 Å². The summed E-state index contributed by atoms with van der Waals surface area (Å²) in [5, 5.41) is 0. The van der Waals surface area contributed by atoms with Crippen LogP contribution in [0.1, 0.15) is 33.7 Å². The lowest BCUT2D eigenvalue weighted by Gasteiger charge is -2.25. The highest BCUT2D eigenvalue weighted by Gasteiger charge is 2.51. The summed E-state index contributed by atoms with van der Waals surface area (Å²) < 4.78 is 378. The van der Waals surface area contributed by atoms with Gasteiger partial charge in [0.05, 0.1) is 22.3 Å². The minimum absolute atomic E-state index is 3.12. The molecule has 6 rings (SSSR count). The van der Waals surface area contributed by atoms with E-state index in [0.29, 0.717) is 0 Å². The van der Waals surface area contributed by atoms with Gasteiger partial charge in [-0.05, 0) is 11.1 Å². The van der Waals surface area contributed by atoms with Crippen molar-refractivity contribution < 1.29 is 110 Å². The summed E-state index contributed by atoms with van der Waals surface area (Å²) in [6.07, 6.45) is 0. The Hall–Kier alpha value is -6.17. The van der Waals surface area contributed by atoms with Crippen molar-refractivity contribution in [3.8, 4) is 0 Å². The molecule has 5 aromatic rings. The molecule has 0 amide bonds. The van der Waals surface area contributed by atoms with Crippen molar-refractivity contribution in [1.82, 2.24) is 0 Å². The van der Waals surface area contributed by atoms with Crippen molar-refractivity contribution in [2.45, 2.75) is 5.92 Å². The van der Waals surface area contributed by atoms with E-state index in [0.717, 1.165) is 0 Å². The molecule has 1 aliphatic carbocycles. The van der Waals surface area contributed by atoms with E-state index in [2.05, 4.69) is 0 Å².